The number of hydrogen-bond acceptors (Lipinski definition) is 4. The molecule has 0 bridgehead atoms. The van der Waals surface area contributed by atoms with Crippen molar-refractivity contribution in [2.75, 3.05) is 27.2 Å². The largest absolute Gasteiger partial charge is 0.492 e. The van der Waals surface area contributed by atoms with Gasteiger partial charge < -0.3 is 19.5 Å². The second-order valence-electron chi connectivity index (χ2n) is 6.62. The van der Waals surface area contributed by atoms with Gasteiger partial charge in [-0.2, -0.15) is 0 Å². The molecule has 0 radical (unpaired) electrons. The fourth-order valence-electron chi connectivity index (χ4n) is 3.16. The zero-order chi connectivity index (χ0) is 19.1. The molecule has 2 heterocycles. The average Bonchev–Trinajstić information content (AvgIpc) is 2.90. The summed E-state index contributed by atoms with van der Waals surface area (Å²) in [5.41, 5.74) is 0. The normalized spacial score (nSPS) is 14.4. The Hall–Kier alpha value is -2.28. The van der Waals surface area contributed by atoms with E-state index in [1.807, 2.05) is 36.2 Å². The lowest BCUT2D eigenvalue weighted by molar-refractivity contribution is 0.281. The number of benzene rings is 1. The lowest BCUT2D eigenvalue weighted by atomic mass is 10.2. The van der Waals surface area contributed by atoms with Gasteiger partial charge in [0, 0.05) is 32.1 Å². The molecule has 1 aromatic heterocycles. The van der Waals surface area contributed by atoms with Gasteiger partial charge in [0.15, 0.2) is 11.8 Å². The highest BCUT2D eigenvalue weighted by atomic mass is 35.5. The molecule has 2 aromatic rings. The van der Waals surface area contributed by atoms with Crippen LogP contribution < -0.4 is 10.1 Å². The van der Waals surface area contributed by atoms with Gasteiger partial charge in [0.25, 0.3) is 0 Å². The van der Waals surface area contributed by atoms with E-state index in [2.05, 4.69) is 25.1 Å². The Morgan fingerprint density at radius 2 is 2.07 bits per heavy atom. The number of halogens is 1. The first-order valence-corrected chi connectivity index (χ1v) is 9.76. The van der Waals surface area contributed by atoms with Gasteiger partial charge in [-0.3, -0.25) is 4.99 Å². The van der Waals surface area contributed by atoms with Crippen LogP contribution in [0.3, 0.4) is 0 Å². The quantitative estimate of drug-likeness (QED) is 0.606. The van der Waals surface area contributed by atoms with E-state index >= 15 is 0 Å². The smallest absolute Gasteiger partial charge is 0.193 e. The van der Waals surface area contributed by atoms with Crippen molar-refractivity contribution in [3.63, 3.8) is 0 Å². The van der Waals surface area contributed by atoms with E-state index in [1.165, 1.54) is 19.3 Å². The second kappa shape index (κ2) is 9.60. The lowest BCUT2D eigenvalue weighted by Crippen LogP contribution is -2.40. The SMILES string of the molecule is CN=C(NCc1nnc2n1CCCCC2)N(C)CCOc1ccc(Cl)cc1. The van der Waals surface area contributed by atoms with E-state index in [9.17, 15) is 0 Å². The zero-order valence-corrected chi connectivity index (χ0v) is 16.7. The molecule has 1 aliphatic heterocycles. The molecular weight excluding hydrogens is 364 g/mol. The van der Waals surface area contributed by atoms with Gasteiger partial charge in [-0.25, -0.2) is 0 Å². The van der Waals surface area contributed by atoms with Crippen LogP contribution >= 0.6 is 11.6 Å². The van der Waals surface area contributed by atoms with Crippen LogP contribution in [0.1, 0.15) is 30.9 Å². The molecule has 0 atom stereocenters. The number of nitrogens with one attached hydrogen (secondary N) is 1. The summed E-state index contributed by atoms with van der Waals surface area (Å²) in [7, 11) is 3.77. The lowest BCUT2D eigenvalue weighted by Gasteiger charge is -2.22. The van der Waals surface area contributed by atoms with Gasteiger partial charge >= 0.3 is 0 Å². The third-order valence-corrected chi connectivity index (χ3v) is 4.93. The number of nitrogens with zero attached hydrogens (tertiary/aromatic N) is 5. The fourth-order valence-corrected chi connectivity index (χ4v) is 3.28. The molecule has 1 N–H and O–H groups in total. The number of aryl methyl sites for hydroxylation is 1. The Balaban J connectivity index is 1.48. The van der Waals surface area contributed by atoms with Gasteiger partial charge in [0.05, 0.1) is 13.1 Å². The third-order valence-electron chi connectivity index (χ3n) is 4.67. The molecule has 1 aliphatic rings. The maximum absolute atomic E-state index is 5.89. The maximum Gasteiger partial charge on any atom is 0.193 e. The van der Waals surface area contributed by atoms with Crippen LogP contribution in [0.15, 0.2) is 29.3 Å². The molecule has 3 rings (SSSR count). The third kappa shape index (κ3) is 5.35. The van der Waals surface area contributed by atoms with E-state index in [1.54, 1.807) is 7.05 Å². The van der Waals surface area contributed by atoms with Crippen LogP contribution in [0.2, 0.25) is 5.02 Å². The minimum atomic E-state index is 0.555. The Kier molecular flexibility index (Phi) is 6.92. The molecule has 1 aromatic carbocycles. The molecular formula is C19H27ClN6O. The monoisotopic (exact) mass is 390 g/mol. The number of guanidine groups is 1. The summed E-state index contributed by atoms with van der Waals surface area (Å²) in [4.78, 5) is 6.39. The standard InChI is InChI=1S/C19H27ClN6O/c1-21-19(25(2)12-13-27-16-9-7-15(20)8-10-16)22-14-18-24-23-17-6-4-3-5-11-26(17)18/h7-10H,3-6,11-14H2,1-2H3,(H,21,22). The minimum Gasteiger partial charge on any atom is -0.492 e. The summed E-state index contributed by atoms with van der Waals surface area (Å²) in [6.07, 6.45) is 4.66. The number of aliphatic imine (C=N–C) groups is 1. The zero-order valence-electron chi connectivity index (χ0n) is 16.0. The van der Waals surface area contributed by atoms with Crippen molar-refractivity contribution in [2.24, 2.45) is 4.99 Å². The van der Waals surface area contributed by atoms with E-state index in [-0.39, 0.29) is 0 Å². The van der Waals surface area contributed by atoms with Crippen molar-refractivity contribution in [3.8, 4) is 5.75 Å². The molecule has 27 heavy (non-hydrogen) atoms. The Bertz CT molecular complexity index is 758. The maximum atomic E-state index is 5.89. The van der Waals surface area contributed by atoms with Crippen LogP contribution in [0.25, 0.3) is 0 Å². The van der Waals surface area contributed by atoms with E-state index in [4.69, 9.17) is 16.3 Å². The predicted octanol–water partition coefficient (Wildman–Crippen LogP) is 2.74. The second-order valence-corrected chi connectivity index (χ2v) is 7.06. The number of ether oxygens (including phenoxy) is 1. The van der Waals surface area contributed by atoms with Gasteiger partial charge in [0.1, 0.15) is 18.2 Å². The molecule has 0 aliphatic carbocycles. The highest BCUT2D eigenvalue weighted by Gasteiger charge is 2.15. The van der Waals surface area contributed by atoms with Gasteiger partial charge in [-0.15, -0.1) is 10.2 Å². The number of rotatable bonds is 6. The Morgan fingerprint density at radius 1 is 1.26 bits per heavy atom. The topological polar surface area (TPSA) is 67.6 Å². The van der Waals surface area contributed by atoms with Crippen molar-refractivity contribution >= 4 is 17.6 Å². The van der Waals surface area contributed by atoms with Crippen LogP contribution in [0.5, 0.6) is 5.75 Å². The van der Waals surface area contributed by atoms with Crippen LogP contribution in [-0.2, 0) is 19.5 Å². The molecule has 0 fully saturated rings. The van der Waals surface area contributed by atoms with Crippen molar-refractivity contribution < 1.29 is 4.74 Å². The highest BCUT2D eigenvalue weighted by Crippen LogP contribution is 2.16. The fraction of sp³-hybridized carbons (Fsp3) is 0.526. The minimum absolute atomic E-state index is 0.555. The molecule has 7 nitrogen and oxygen atoms in total. The predicted molar refractivity (Wildman–Crippen MR) is 107 cm³/mol. The molecule has 0 saturated heterocycles. The van der Waals surface area contributed by atoms with Crippen molar-refractivity contribution in [1.82, 2.24) is 25.0 Å². The number of hydrogen-bond donors (Lipinski definition) is 1. The summed E-state index contributed by atoms with van der Waals surface area (Å²) >= 11 is 5.89. The van der Waals surface area contributed by atoms with Crippen molar-refractivity contribution in [3.05, 3.63) is 40.9 Å². The number of aromatic nitrogens is 3. The first kappa shape index (κ1) is 19.5. The van der Waals surface area contributed by atoms with Crippen LogP contribution in [0, 0.1) is 0 Å². The molecule has 0 spiro atoms. The summed E-state index contributed by atoms with van der Waals surface area (Å²) < 4.78 is 8.00. The van der Waals surface area contributed by atoms with Crippen LogP contribution in [-0.4, -0.2) is 52.9 Å². The number of fused-ring (bicyclic) bond motifs is 1. The molecule has 146 valence electrons. The summed E-state index contributed by atoms with van der Waals surface area (Å²) in [6, 6.07) is 7.38. The van der Waals surface area contributed by atoms with Crippen molar-refractivity contribution in [1.29, 1.82) is 0 Å². The van der Waals surface area contributed by atoms with E-state index in [0.717, 1.165) is 36.3 Å². The van der Waals surface area contributed by atoms with Crippen LogP contribution in [0.4, 0.5) is 0 Å². The first-order chi connectivity index (χ1) is 13.2. The molecule has 0 unspecified atom stereocenters. The Morgan fingerprint density at radius 3 is 2.85 bits per heavy atom. The molecule has 0 saturated carbocycles. The first-order valence-electron chi connectivity index (χ1n) is 9.38. The molecule has 8 heteroatoms. The summed E-state index contributed by atoms with van der Waals surface area (Å²) in [5.74, 6) is 3.69. The average molecular weight is 391 g/mol. The summed E-state index contributed by atoms with van der Waals surface area (Å²) in [6.45, 7) is 2.88. The summed E-state index contributed by atoms with van der Waals surface area (Å²) in [5, 5.41) is 12.8. The van der Waals surface area contributed by atoms with Crippen molar-refractivity contribution in [2.45, 2.75) is 38.8 Å². The van der Waals surface area contributed by atoms with Gasteiger partial charge in [-0.05, 0) is 37.1 Å². The van der Waals surface area contributed by atoms with E-state index in [0.29, 0.717) is 24.7 Å². The van der Waals surface area contributed by atoms with Gasteiger partial charge in [-0.1, -0.05) is 18.0 Å². The Labute approximate surface area is 165 Å². The highest BCUT2D eigenvalue weighted by molar-refractivity contribution is 6.30. The van der Waals surface area contributed by atoms with Gasteiger partial charge in [0.2, 0.25) is 0 Å². The molecule has 0 amide bonds. The number of likely N-dealkylation sites (N-methyl/N-ethyl adjacent to an activating group) is 1. The van der Waals surface area contributed by atoms with E-state index < -0.39 is 0 Å².